The lowest BCUT2D eigenvalue weighted by Crippen LogP contribution is -2.48. The fraction of sp³-hybridized carbons (Fsp3) is 0.520. The van der Waals surface area contributed by atoms with Crippen molar-refractivity contribution in [2.24, 2.45) is 5.92 Å². The number of nitrogens with one attached hydrogen (secondary N) is 2. The highest BCUT2D eigenvalue weighted by atomic mass is 16.5. The Balaban J connectivity index is 1.30. The van der Waals surface area contributed by atoms with Gasteiger partial charge in [-0.15, -0.1) is 0 Å². The molecule has 0 aromatic heterocycles. The van der Waals surface area contributed by atoms with Crippen LogP contribution in [0.1, 0.15) is 30.0 Å². The van der Waals surface area contributed by atoms with E-state index in [2.05, 4.69) is 82.3 Å². The molecule has 0 amide bonds. The number of hydrazine groups is 1. The average Bonchev–Trinajstić information content (AvgIpc) is 3.26. The number of hydrogen-bond acceptors (Lipinski definition) is 5. The molecule has 2 aliphatic heterocycles. The Labute approximate surface area is 181 Å². The molecule has 2 aromatic rings. The third-order valence-electron chi connectivity index (χ3n) is 6.76. The van der Waals surface area contributed by atoms with Gasteiger partial charge >= 0.3 is 0 Å². The Bertz CT molecular complexity index is 766. The van der Waals surface area contributed by atoms with Crippen molar-refractivity contribution >= 4 is 0 Å². The zero-order chi connectivity index (χ0) is 20.8. The first kappa shape index (κ1) is 21.3. The van der Waals surface area contributed by atoms with Gasteiger partial charge in [0.15, 0.2) is 0 Å². The van der Waals surface area contributed by atoms with Gasteiger partial charge in [0, 0.05) is 38.1 Å². The van der Waals surface area contributed by atoms with Crippen LogP contribution in [0, 0.1) is 5.92 Å². The van der Waals surface area contributed by atoms with E-state index in [1.165, 1.54) is 37.1 Å². The number of ether oxygens (including phenoxy) is 1. The van der Waals surface area contributed by atoms with Gasteiger partial charge < -0.3 is 14.5 Å². The summed E-state index contributed by atoms with van der Waals surface area (Å²) in [5.74, 6) is 1.49. The van der Waals surface area contributed by atoms with E-state index in [-0.39, 0.29) is 0 Å². The number of piperidine rings is 1. The first-order chi connectivity index (χ1) is 14.7. The van der Waals surface area contributed by atoms with Gasteiger partial charge in [-0.25, -0.2) is 5.43 Å². The number of benzene rings is 2. The minimum absolute atomic E-state index is 0.354. The Morgan fingerprint density at radius 2 is 1.90 bits per heavy atom. The van der Waals surface area contributed by atoms with Crippen molar-refractivity contribution in [1.82, 2.24) is 20.7 Å². The lowest BCUT2D eigenvalue weighted by Gasteiger charge is -2.39. The molecule has 0 radical (unpaired) electrons. The fourth-order valence-electron chi connectivity index (χ4n) is 4.89. The van der Waals surface area contributed by atoms with Crippen LogP contribution in [0.3, 0.4) is 0 Å². The lowest BCUT2D eigenvalue weighted by molar-refractivity contribution is 0.104. The Kier molecular flexibility index (Phi) is 7.39. The minimum Gasteiger partial charge on any atom is -0.497 e. The van der Waals surface area contributed by atoms with Crippen LogP contribution < -0.4 is 15.6 Å². The summed E-state index contributed by atoms with van der Waals surface area (Å²) < 4.78 is 5.31. The van der Waals surface area contributed by atoms with E-state index in [9.17, 15) is 0 Å². The summed E-state index contributed by atoms with van der Waals surface area (Å²) in [5.41, 5.74) is 9.65. The molecule has 2 fully saturated rings. The van der Waals surface area contributed by atoms with Crippen LogP contribution in [0.4, 0.5) is 0 Å². The largest absolute Gasteiger partial charge is 0.497 e. The third kappa shape index (κ3) is 5.41. The van der Waals surface area contributed by atoms with Crippen molar-refractivity contribution in [3.63, 3.8) is 0 Å². The second kappa shape index (κ2) is 10.4. The van der Waals surface area contributed by atoms with Gasteiger partial charge in [-0.2, -0.15) is 0 Å². The van der Waals surface area contributed by atoms with Crippen LogP contribution in [-0.4, -0.2) is 62.7 Å². The zero-order valence-electron chi connectivity index (χ0n) is 18.4. The van der Waals surface area contributed by atoms with Crippen molar-refractivity contribution in [2.45, 2.75) is 31.3 Å². The average molecular weight is 409 g/mol. The molecule has 3 atom stereocenters. The quantitative estimate of drug-likeness (QED) is 0.702. The van der Waals surface area contributed by atoms with Crippen LogP contribution in [0.5, 0.6) is 5.75 Å². The highest BCUT2D eigenvalue weighted by molar-refractivity contribution is 5.30. The van der Waals surface area contributed by atoms with Crippen molar-refractivity contribution in [2.75, 3.05) is 46.9 Å². The molecule has 2 aliphatic rings. The van der Waals surface area contributed by atoms with E-state index in [1.807, 2.05) is 0 Å². The van der Waals surface area contributed by atoms with Crippen molar-refractivity contribution in [3.05, 3.63) is 65.7 Å². The molecule has 3 unspecified atom stereocenters. The van der Waals surface area contributed by atoms with E-state index in [1.54, 1.807) is 7.11 Å². The zero-order valence-corrected chi connectivity index (χ0v) is 18.4. The summed E-state index contributed by atoms with van der Waals surface area (Å²) in [6.45, 7) is 5.68. The van der Waals surface area contributed by atoms with Crippen molar-refractivity contribution < 1.29 is 4.74 Å². The number of nitrogens with zero attached hydrogens (tertiary/aromatic N) is 2. The van der Waals surface area contributed by atoms with E-state index in [0.29, 0.717) is 18.0 Å². The van der Waals surface area contributed by atoms with Gasteiger partial charge in [0.25, 0.3) is 0 Å². The Morgan fingerprint density at radius 3 is 2.67 bits per heavy atom. The molecule has 2 heterocycles. The van der Waals surface area contributed by atoms with Crippen LogP contribution in [0.15, 0.2) is 54.6 Å². The molecule has 2 N–H and O–H groups in total. The van der Waals surface area contributed by atoms with Crippen molar-refractivity contribution in [1.29, 1.82) is 0 Å². The summed E-state index contributed by atoms with van der Waals surface area (Å²) in [6.07, 6.45) is 3.73. The molecule has 30 heavy (non-hydrogen) atoms. The molecule has 2 aromatic carbocycles. The number of hydrogen-bond donors (Lipinski definition) is 2. The van der Waals surface area contributed by atoms with E-state index in [0.717, 1.165) is 31.8 Å². The normalized spacial score (nSPS) is 25.0. The summed E-state index contributed by atoms with van der Waals surface area (Å²) in [6, 6.07) is 20.4. The Hall–Kier alpha value is -1.92. The topological polar surface area (TPSA) is 39.8 Å². The number of rotatable bonds is 8. The summed E-state index contributed by atoms with van der Waals surface area (Å²) in [7, 11) is 4.02. The van der Waals surface area contributed by atoms with Gasteiger partial charge in [0.2, 0.25) is 0 Å². The maximum atomic E-state index is 5.31. The van der Waals surface area contributed by atoms with Gasteiger partial charge in [-0.05, 0) is 56.1 Å². The highest BCUT2D eigenvalue weighted by Gasteiger charge is 2.32. The maximum absolute atomic E-state index is 5.31. The molecule has 0 bridgehead atoms. The summed E-state index contributed by atoms with van der Waals surface area (Å²) in [5, 5.41) is 0. The molecule has 5 heteroatoms. The summed E-state index contributed by atoms with van der Waals surface area (Å²) >= 11 is 0. The fourth-order valence-corrected chi connectivity index (χ4v) is 4.89. The SMILES string of the molecule is COc1ccc(C2NNCC2CN2CCCC(N(C)CCc3ccccc3)C2)cc1. The first-order valence-electron chi connectivity index (χ1n) is 11.3. The molecule has 162 valence electrons. The second-order valence-electron chi connectivity index (χ2n) is 8.81. The monoisotopic (exact) mass is 408 g/mol. The van der Waals surface area contributed by atoms with Gasteiger partial charge in [-0.3, -0.25) is 5.43 Å². The Morgan fingerprint density at radius 1 is 1.10 bits per heavy atom. The van der Waals surface area contributed by atoms with E-state index >= 15 is 0 Å². The molecule has 5 nitrogen and oxygen atoms in total. The molecule has 0 aliphatic carbocycles. The molecule has 0 spiro atoms. The highest BCUT2D eigenvalue weighted by Crippen LogP contribution is 2.28. The lowest BCUT2D eigenvalue weighted by atomic mass is 9.93. The number of likely N-dealkylation sites (tertiary alicyclic amines) is 1. The number of methoxy groups -OCH3 is 1. The summed E-state index contributed by atoms with van der Waals surface area (Å²) in [4.78, 5) is 5.26. The predicted molar refractivity (Wildman–Crippen MR) is 123 cm³/mol. The molecular weight excluding hydrogens is 372 g/mol. The van der Waals surface area contributed by atoms with E-state index in [4.69, 9.17) is 4.74 Å². The third-order valence-corrected chi connectivity index (χ3v) is 6.76. The van der Waals surface area contributed by atoms with Crippen LogP contribution in [0.2, 0.25) is 0 Å². The molecule has 4 rings (SSSR count). The molecule has 2 saturated heterocycles. The minimum atomic E-state index is 0.354. The van der Waals surface area contributed by atoms with Crippen molar-refractivity contribution in [3.8, 4) is 5.75 Å². The standard InChI is InChI=1S/C25H36N4O/c1-28(16-14-20-7-4-3-5-8-20)23-9-6-15-29(19-23)18-22-17-26-27-25(22)21-10-12-24(30-2)13-11-21/h3-5,7-8,10-13,22-23,25-27H,6,9,14-19H2,1-2H3. The van der Waals surface area contributed by atoms with Crippen LogP contribution in [-0.2, 0) is 6.42 Å². The maximum Gasteiger partial charge on any atom is 0.118 e. The molecule has 0 saturated carbocycles. The van der Waals surface area contributed by atoms with Crippen LogP contribution in [0.25, 0.3) is 0 Å². The van der Waals surface area contributed by atoms with Gasteiger partial charge in [0.05, 0.1) is 13.2 Å². The van der Waals surface area contributed by atoms with Crippen LogP contribution >= 0.6 is 0 Å². The predicted octanol–water partition coefficient (Wildman–Crippen LogP) is 3.10. The number of likely N-dealkylation sites (N-methyl/N-ethyl adjacent to an activating group) is 1. The smallest absolute Gasteiger partial charge is 0.118 e. The first-order valence-corrected chi connectivity index (χ1v) is 11.3. The molecular formula is C25H36N4O. The van der Waals surface area contributed by atoms with E-state index < -0.39 is 0 Å². The second-order valence-corrected chi connectivity index (χ2v) is 8.81. The van der Waals surface area contributed by atoms with Gasteiger partial charge in [0.1, 0.15) is 5.75 Å². The van der Waals surface area contributed by atoms with Gasteiger partial charge in [-0.1, -0.05) is 42.5 Å².